The highest BCUT2D eigenvalue weighted by Gasteiger charge is 2.72. The number of carbonyl (C=O) groups excluding carboxylic acids is 1. The van der Waals surface area contributed by atoms with Gasteiger partial charge in [0.1, 0.15) is 0 Å². The fourth-order valence-electron chi connectivity index (χ4n) is 5.75. The molecule has 5 rings (SSSR count). The van der Waals surface area contributed by atoms with Gasteiger partial charge in [-0.2, -0.15) is 0 Å². The fourth-order valence-corrected chi connectivity index (χ4v) is 5.75. The second-order valence-corrected chi connectivity index (χ2v) is 9.22. The fraction of sp³-hybridized carbons (Fsp3) is 0.440. The molecule has 2 aliphatic heterocycles. The Kier molecular flexibility index (Phi) is 4.59. The molecule has 2 aromatic rings. The van der Waals surface area contributed by atoms with Crippen molar-refractivity contribution in [2.75, 3.05) is 25.1 Å². The molecule has 1 atom stereocenters. The number of carbonyl (C=O) groups is 2. The molecule has 6 nitrogen and oxygen atoms in total. The number of amides is 1. The quantitative estimate of drug-likeness (QED) is 0.793. The number of aliphatic carboxylic acids is 1. The van der Waals surface area contributed by atoms with Crippen LogP contribution in [0, 0.1) is 5.41 Å². The standard InChI is InChI=1S/C25H29N3O3/c1-3-22(29)28-12-10-24(11-13-28)16-25(24,23(30)31)20-8-6-17(7-9-20)18-4-5-19-15-26-27(2)21(19)14-18/h4-9,14,26H,3,10-13,15-16H2,1-2H3,(H,30,31)/t25-/m1/s1. The van der Waals surface area contributed by atoms with Crippen molar-refractivity contribution in [3.63, 3.8) is 0 Å². The van der Waals surface area contributed by atoms with Crippen LogP contribution in [0.5, 0.6) is 0 Å². The lowest BCUT2D eigenvalue weighted by Crippen LogP contribution is -2.42. The van der Waals surface area contributed by atoms with Gasteiger partial charge in [0.05, 0.1) is 11.1 Å². The molecule has 2 aromatic carbocycles. The summed E-state index contributed by atoms with van der Waals surface area (Å²) in [7, 11) is 2.02. The number of hydrogen-bond donors (Lipinski definition) is 2. The van der Waals surface area contributed by atoms with Gasteiger partial charge >= 0.3 is 5.97 Å². The second-order valence-electron chi connectivity index (χ2n) is 9.22. The van der Waals surface area contributed by atoms with Crippen molar-refractivity contribution in [3.05, 3.63) is 53.6 Å². The van der Waals surface area contributed by atoms with Gasteiger partial charge in [-0.3, -0.25) is 9.59 Å². The molecule has 2 heterocycles. The van der Waals surface area contributed by atoms with Crippen molar-refractivity contribution in [3.8, 4) is 11.1 Å². The molecule has 2 N–H and O–H groups in total. The topological polar surface area (TPSA) is 72.9 Å². The number of piperidine rings is 1. The zero-order valence-electron chi connectivity index (χ0n) is 18.1. The highest BCUT2D eigenvalue weighted by atomic mass is 16.4. The Morgan fingerprint density at radius 2 is 1.74 bits per heavy atom. The van der Waals surface area contributed by atoms with Crippen LogP contribution in [0.4, 0.5) is 5.69 Å². The number of nitrogens with one attached hydrogen (secondary N) is 1. The molecule has 0 bridgehead atoms. The van der Waals surface area contributed by atoms with Gasteiger partial charge in [-0.25, -0.2) is 5.43 Å². The van der Waals surface area contributed by atoms with Crippen LogP contribution >= 0.6 is 0 Å². The molecule has 0 radical (unpaired) electrons. The third-order valence-corrected chi connectivity index (χ3v) is 7.79. The summed E-state index contributed by atoms with van der Waals surface area (Å²) in [5.41, 5.74) is 7.81. The average molecular weight is 420 g/mol. The van der Waals surface area contributed by atoms with Crippen molar-refractivity contribution < 1.29 is 14.7 Å². The molecule has 1 saturated heterocycles. The smallest absolute Gasteiger partial charge is 0.314 e. The number of hydrazine groups is 1. The Balaban J connectivity index is 1.39. The number of nitrogens with zero attached hydrogens (tertiary/aromatic N) is 2. The van der Waals surface area contributed by atoms with E-state index in [9.17, 15) is 14.7 Å². The summed E-state index contributed by atoms with van der Waals surface area (Å²) >= 11 is 0. The number of rotatable bonds is 4. The number of anilines is 1. The molecule has 3 aliphatic rings. The van der Waals surface area contributed by atoms with Gasteiger partial charge in [0.25, 0.3) is 0 Å². The van der Waals surface area contributed by atoms with Crippen molar-refractivity contribution in [1.82, 2.24) is 10.3 Å². The van der Waals surface area contributed by atoms with Gasteiger partial charge in [0, 0.05) is 33.1 Å². The molecule has 0 aromatic heterocycles. The van der Waals surface area contributed by atoms with Crippen LogP contribution in [0.25, 0.3) is 11.1 Å². The van der Waals surface area contributed by atoms with E-state index in [1.807, 2.05) is 48.1 Å². The van der Waals surface area contributed by atoms with E-state index in [0.29, 0.717) is 25.9 Å². The third kappa shape index (κ3) is 2.96. The second kappa shape index (κ2) is 7.09. The molecule has 1 aliphatic carbocycles. The Labute approximate surface area is 182 Å². The zero-order chi connectivity index (χ0) is 21.8. The van der Waals surface area contributed by atoms with E-state index in [-0.39, 0.29) is 11.3 Å². The van der Waals surface area contributed by atoms with E-state index in [0.717, 1.165) is 36.1 Å². The Hall–Kier alpha value is -2.86. The summed E-state index contributed by atoms with van der Waals surface area (Å²) in [6.45, 7) is 4.05. The molecule has 162 valence electrons. The number of carboxylic acids is 1. The Bertz CT molecular complexity index is 1040. The van der Waals surface area contributed by atoms with E-state index < -0.39 is 11.4 Å². The van der Waals surface area contributed by atoms with Crippen LogP contribution in [0.15, 0.2) is 42.5 Å². The first-order chi connectivity index (χ1) is 14.9. The molecule has 1 spiro atoms. The number of carboxylic acid groups (broad SMARTS) is 1. The number of fused-ring (bicyclic) bond motifs is 1. The van der Waals surface area contributed by atoms with Gasteiger partial charge in [0.15, 0.2) is 0 Å². The lowest BCUT2D eigenvalue weighted by atomic mass is 9.79. The zero-order valence-corrected chi connectivity index (χ0v) is 18.1. The van der Waals surface area contributed by atoms with Crippen LogP contribution in [0.3, 0.4) is 0 Å². The van der Waals surface area contributed by atoms with Crippen molar-refractivity contribution in [2.45, 2.75) is 44.6 Å². The lowest BCUT2D eigenvalue weighted by Gasteiger charge is -2.34. The van der Waals surface area contributed by atoms with Crippen LogP contribution in [-0.2, 0) is 21.5 Å². The van der Waals surface area contributed by atoms with E-state index in [2.05, 4.69) is 23.6 Å². The van der Waals surface area contributed by atoms with Gasteiger partial charge in [0.2, 0.25) is 5.91 Å². The number of benzene rings is 2. The first-order valence-electron chi connectivity index (χ1n) is 11.1. The average Bonchev–Trinajstić information content (AvgIpc) is 3.31. The highest BCUT2D eigenvalue weighted by molar-refractivity contribution is 5.88. The molecule has 1 amide bonds. The van der Waals surface area contributed by atoms with E-state index >= 15 is 0 Å². The maximum atomic E-state index is 12.5. The monoisotopic (exact) mass is 419 g/mol. The molecular formula is C25H29N3O3. The summed E-state index contributed by atoms with van der Waals surface area (Å²) in [5, 5.41) is 12.3. The van der Waals surface area contributed by atoms with Crippen molar-refractivity contribution >= 4 is 17.6 Å². The maximum Gasteiger partial charge on any atom is 0.314 e. The van der Waals surface area contributed by atoms with Gasteiger partial charge in [-0.05, 0) is 53.0 Å². The van der Waals surface area contributed by atoms with Gasteiger partial charge in [-0.15, -0.1) is 0 Å². The van der Waals surface area contributed by atoms with E-state index in [1.165, 1.54) is 11.3 Å². The first-order valence-corrected chi connectivity index (χ1v) is 11.1. The minimum Gasteiger partial charge on any atom is -0.481 e. The molecule has 0 unspecified atom stereocenters. The van der Waals surface area contributed by atoms with E-state index in [4.69, 9.17) is 0 Å². The largest absolute Gasteiger partial charge is 0.481 e. The number of likely N-dealkylation sites (tertiary alicyclic amines) is 1. The maximum absolute atomic E-state index is 12.5. The van der Waals surface area contributed by atoms with Crippen molar-refractivity contribution in [1.29, 1.82) is 0 Å². The normalized spacial score (nSPS) is 23.7. The van der Waals surface area contributed by atoms with Crippen LogP contribution in [0.1, 0.15) is 43.7 Å². The van der Waals surface area contributed by atoms with Crippen LogP contribution in [0.2, 0.25) is 0 Å². The SMILES string of the molecule is CCC(=O)N1CCC2(CC1)C[C@]2(C(=O)O)c1ccc(-c2ccc3c(c2)N(C)NC3)cc1. The summed E-state index contributed by atoms with van der Waals surface area (Å²) < 4.78 is 0. The summed E-state index contributed by atoms with van der Waals surface area (Å²) in [6.07, 6.45) is 2.69. The van der Waals surface area contributed by atoms with Gasteiger partial charge in [-0.1, -0.05) is 43.3 Å². The Morgan fingerprint density at radius 3 is 2.39 bits per heavy atom. The molecule has 6 heteroatoms. The molecule has 2 fully saturated rings. The summed E-state index contributed by atoms with van der Waals surface area (Å²) in [4.78, 5) is 26.4. The number of hydrogen-bond acceptors (Lipinski definition) is 4. The Morgan fingerprint density at radius 1 is 1.06 bits per heavy atom. The van der Waals surface area contributed by atoms with Crippen molar-refractivity contribution in [2.24, 2.45) is 5.41 Å². The minimum absolute atomic E-state index is 0.163. The van der Waals surface area contributed by atoms with Gasteiger partial charge < -0.3 is 15.0 Å². The minimum atomic E-state index is -0.824. The summed E-state index contributed by atoms with van der Waals surface area (Å²) in [5.74, 6) is -0.572. The predicted octanol–water partition coefficient (Wildman–Crippen LogP) is 3.55. The molecule has 31 heavy (non-hydrogen) atoms. The first kappa shape index (κ1) is 20.1. The molecular weight excluding hydrogens is 390 g/mol. The molecule has 1 saturated carbocycles. The third-order valence-electron chi connectivity index (χ3n) is 7.79. The predicted molar refractivity (Wildman–Crippen MR) is 120 cm³/mol. The van der Waals surface area contributed by atoms with E-state index in [1.54, 1.807) is 0 Å². The van der Waals surface area contributed by atoms with Crippen LogP contribution < -0.4 is 10.4 Å². The van der Waals surface area contributed by atoms with Crippen LogP contribution in [-0.4, -0.2) is 42.0 Å². The highest BCUT2D eigenvalue weighted by Crippen LogP contribution is 2.69. The summed E-state index contributed by atoms with van der Waals surface area (Å²) in [6, 6.07) is 14.5. The lowest BCUT2D eigenvalue weighted by molar-refractivity contribution is -0.141.